The zero-order valence-corrected chi connectivity index (χ0v) is 14.5. The highest BCUT2D eigenvalue weighted by Crippen LogP contribution is 2.21. The molecule has 7 heteroatoms. The molecular formula is C18H17FN4OS. The summed E-state index contributed by atoms with van der Waals surface area (Å²) in [5.74, 6) is 0.523. The van der Waals surface area contributed by atoms with Gasteiger partial charge in [-0.15, -0.1) is 10.2 Å². The van der Waals surface area contributed by atoms with Crippen LogP contribution in [0.4, 0.5) is 4.39 Å². The Morgan fingerprint density at radius 1 is 1.12 bits per heavy atom. The van der Waals surface area contributed by atoms with Gasteiger partial charge in [-0.3, -0.25) is 9.36 Å². The van der Waals surface area contributed by atoms with E-state index in [0.29, 0.717) is 17.5 Å². The van der Waals surface area contributed by atoms with Gasteiger partial charge in [-0.25, -0.2) is 4.39 Å². The third kappa shape index (κ3) is 4.45. The number of thioether (sulfide) groups is 1. The van der Waals surface area contributed by atoms with Crippen LogP contribution in [0.5, 0.6) is 0 Å². The number of hydrogen-bond donors (Lipinski definition) is 1. The largest absolute Gasteiger partial charge is 0.351 e. The molecule has 0 aliphatic heterocycles. The molecule has 0 aliphatic carbocycles. The van der Waals surface area contributed by atoms with Crippen LogP contribution in [0.15, 0.2) is 59.8 Å². The number of carbonyl (C=O) groups is 1. The third-order valence-electron chi connectivity index (χ3n) is 3.54. The fourth-order valence-electron chi connectivity index (χ4n) is 2.30. The van der Waals surface area contributed by atoms with Crippen molar-refractivity contribution >= 4 is 17.7 Å². The molecule has 1 aromatic heterocycles. The number of halogens is 1. The van der Waals surface area contributed by atoms with E-state index in [1.165, 1.54) is 23.9 Å². The molecule has 1 heterocycles. The zero-order valence-electron chi connectivity index (χ0n) is 13.6. The van der Waals surface area contributed by atoms with Crippen LogP contribution in [-0.4, -0.2) is 26.4 Å². The average Bonchev–Trinajstić information content (AvgIpc) is 3.00. The van der Waals surface area contributed by atoms with E-state index in [0.717, 1.165) is 11.3 Å². The Labute approximate surface area is 149 Å². The molecule has 0 spiro atoms. The van der Waals surface area contributed by atoms with E-state index in [9.17, 15) is 9.18 Å². The fourth-order valence-corrected chi connectivity index (χ4v) is 3.13. The number of carbonyl (C=O) groups excluding carboxylic acids is 1. The number of rotatable bonds is 6. The predicted molar refractivity (Wildman–Crippen MR) is 95.1 cm³/mol. The van der Waals surface area contributed by atoms with Crippen LogP contribution >= 0.6 is 11.8 Å². The predicted octanol–water partition coefficient (Wildman–Crippen LogP) is 3.12. The van der Waals surface area contributed by atoms with E-state index in [1.54, 1.807) is 16.7 Å². The van der Waals surface area contributed by atoms with Crippen LogP contribution < -0.4 is 5.32 Å². The van der Waals surface area contributed by atoms with E-state index in [4.69, 9.17) is 0 Å². The Bertz CT molecular complexity index is 849. The van der Waals surface area contributed by atoms with E-state index in [1.807, 2.05) is 37.3 Å². The van der Waals surface area contributed by atoms with Crippen molar-refractivity contribution in [3.8, 4) is 5.69 Å². The van der Waals surface area contributed by atoms with Crippen molar-refractivity contribution in [2.45, 2.75) is 18.6 Å². The van der Waals surface area contributed by atoms with Gasteiger partial charge in [-0.2, -0.15) is 0 Å². The monoisotopic (exact) mass is 356 g/mol. The van der Waals surface area contributed by atoms with E-state index < -0.39 is 0 Å². The van der Waals surface area contributed by atoms with Gasteiger partial charge in [0.05, 0.1) is 5.75 Å². The lowest BCUT2D eigenvalue weighted by atomic mass is 10.2. The summed E-state index contributed by atoms with van der Waals surface area (Å²) >= 11 is 1.29. The van der Waals surface area contributed by atoms with Gasteiger partial charge in [0.1, 0.15) is 11.6 Å². The summed E-state index contributed by atoms with van der Waals surface area (Å²) in [6.45, 7) is 2.31. The minimum Gasteiger partial charge on any atom is -0.351 e. The quantitative estimate of drug-likeness (QED) is 0.690. The first-order valence-electron chi connectivity index (χ1n) is 7.75. The summed E-state index contributed by atoms with van der Waals surface area (Å²) in [6, 6.07) is 15.8. The van der Waals surface area contributed by atoms with Crippen LogP contribution in [0.1, 0.15) is 11.4 Å². The Balaban J connectivity index is 1.62. The van der Waals surface area contributed by atoms with Crippen LogP contribution in [-0.2, 0) is 11.3 Å². The molecule has 2 aromatic carbocycles. The van der Waals surface area contributed by atoms with Gasteiger partial charge < -0.3 is 5.32 Å². The minimum atomic E-state index is -0.302. The van der Waals surface area contributed by atoms with Gasteiger partial charge in [0, 0.05) is 12.2 Å². The number of amides is 1. The van der Waals surface area contributed by atoms with Crippen molar-refractivity contribution in [2.24, 2.45) is 0 Å². The number of aromatic nitrogens is 3. The molecule has 5 nitrogen and oxygen atoms in total. The summed E-state index contributed by atoms with van der Waals surface area (Å²) in [4.78, 5) is 12.0. The van der Waals surface area contributed by atoms with Crippen molar-refractivity contribution in [1.29, 1.82) is 0 Å². The molecule has 25 heavy (non-hydrogen) atoms. The number of nitrogens with zero attached hydrogens (tertiary/aromatic N) is 3. The molecule has 3 rings (SSSR count). The van der Waals surface area contributed by atoms with Crippen LogP contribution in [0.2, 0.25) is 0 Å². The normalized spacial score (nSPS) is 10.6. The number of hydrogen-bond acceptors (Lipinski definition) is 4. The molecule has 0 bridgehead atoms. The van der Waals surface area contributed by atoms with Gasteiger partial charge in [-0.05, 0) is 36.8 Å². The Kier molecular flexibility index (Phi) is 5.45. The van der Waals surface area contributed by atoms with Gasteiger partial charge in [0.15, 0.2) is 5.16 Å². The summed E-state index contributed by atoms with van der Waals surface area (Å²) in [5, 5.41) is 11.6. The second kappa shape index (κ2) is 7.94. The minimum absolute atomic E-state index is 0.0832. The smallest absolute Gasteiger partial charge is 0.230 e. The molecule has 3 aromatic rings. The highest BCUT2D eigenvalue weighted by atomic mass is 32.2. The molecule has 0 radical (unpaired) electrons. The van der Waals surface area contributed by atoms with Gasteiger partial charge in [-0.1, -0.05) is 42.1 Å². The molecule has 0 aliphatic rings. The molecule has 0 unspecified atom stereocenters. The molecule has 0 saturated carbocycles. The number of nitrogens with one attached hydrogen (secondary N) is 1. The molecular weight excluding hydrogens is 339 g/mol. The van der Waals surface area contributed by atoms with E-state index in [2.05, 4.69) is 15.5 Å². The maximum absolute atomic E-state index is 13.1. The van der Waals surface area contributed by atoms with Gasteiger partial charge >= 0.3 is 0 Å². The van der Waals surface area contributed by atoms with Gasteiger partial charge in [0.25, 0.3) is 0 Å². The van der Waals surface area contributed by atoms with Crippen LogP contribution in [0.3, 0.4) is 0 Å². The van der Waals surface area contributed by atoms with Crippen molar-refractivity contribution in [1.82, 2.24) is 20.1 Å². The first-order valence-corrected chi connectivity index (χ1v) is 8.73. The lowest BCUT2D eigenvalue weighted by Gasteiger charge is -2.08. The summed E-state index contributed by atoms with van der Waals surface area (Å²) in [7, 11) is 0. The Morgan fingerprint density at radius 2 is 1.84 bits per heavy atom. The lowest BCUT2D eigenvalue weighted by Crippen LogP contribution is -2.24. The Morgan fingerprint density at radius 3 is 2.56 bits per heavy atom. The fraction of sp³-hybridized carbons (Fsp3) is 0.167. The third-order valence-corrected chi connectivity index (χ3v) is 4.47. The maximum Gasteiger partial charge on any atom is 0.230 e. The maximum atomic E-state index is 13.1. The first kappa shape index (κ1) is 17.2. The Hall–Kier alpha value is -2.67. The molecule has 1 N–H and O–H groups in total. The van der Waals surface area contributed by atoms with Crippen LogP contribution in [0, 0.1) is 12.7 Å². The van der Waals surface area contributed by atoms with Crippen molar-refractivity contribution < 1.29 is 9.18 Å². The number of aryl methyl sites for hydroxylation is 1. The second-order valence-corrected chi connectivity index (χ2v) is 6.34. The van der Waals surface area contributed by atoms with Crippen molar-refractivity contribution in [2.75, 3.05) is 5.75 Å². The SMILES string of the molecule is Cc1nnc(SCC(=O)NCc2ccccc2)n1-c1ccc(F)cc1. The zero-order chi connectivity index (χ0) is 17.6. The molecule has 0 saturated heterocycles. The molecule has 128 valence electrons. The van der Waals surface area contributed by atoms with Crippen LogP contribution in [0.25, 0.3) is 5.69 Å². The van der Waals surface area contributed by atoms with Crippen molar-refractivity contribution in [3.05, 3.63) is 71.8 Å². The summed E-state index contributed by atoms with van der Waals surface area (Å²) in [6.07, 6.45) is 0. The standard InChI is InChI=1S/C18H17FN4OS/c1-13-21-22-18(23(13)16-9-7-15(19)8-10-16)25-12-17(24)20-11-14-5-3-2-4-6-14/h2-10H,11-12H2,1H3,(H,20,24). The number of benzene rings is 2. The van der Waals surface area contributed by atoms with Gasteiger partial charge in [0.2, 0.25) is 5.91 Å². The average molecular weight is 356 g/mol. The van der Waals surface area contributed by atoms with Crippen molar-refractivity contribution in [3.63, 3.8) is 0 Å². The highest BCUT2D eigenvalue weighted by molar-refractivity contribution is 7.99. The summed E-state index contributed by atoms with van der Waals surface area (Å²) < 4.78 is 14.9. The molecule has 0 fully saturated rings. The van der Waals surface area contributed by atoms with E-state index >= 15 is 0 Å². The second-order valence-electron chi connectivity index (χ2n) is 5.39. The topological polar surface area (TPSA) is 59.8 Å². The van der Waals surface area contributed by atoms with E-state index in [-0.39, 0.29) is 17.5 Å². The molecule has 1 amide bonds. The lowest BCUT2D eigenvalue weighted by molar-refractivity contribution is -0.118. The first-order chi connectivity index (χ1) is 12.1. The summed E-state index contributed by atoms with van der Waals surface area (Å²) in [5.41, 5.74) is 1.81. The highest BCUT2D eigenvalue weighted by Gasteiger charge is 2.13. The molecule has 0 atom stereocenters.